The van der Waals surface area contributed by atoms with Gasteiger partial charge in [-0.3, -0.25) is 4.79 Å². The summed E-state index contributed by atoms with van der Waals surface area (Å²) in [7, 11) is 0.327. The third-order valence-electron chi connectivity index (χ3n) is 8.43. The molecular weight excluding hydrogens is 556 g/mol. The van der Waals surface area contributed by atoms with Crippen LogP contribution < -0.4 is 10.2 Å². The van der Waals surface area contributed by atoms with E-state index in [2.05, 4.69) is 46.3 Å². The minimum atomic E-state index is -3.77. The fourth-order valence-corrected chi connectivity index (χ4v) is 7.47. The fourth-order valence-electron chi connectivity index (χ4n) is 5.88. The van der Waals surface area contributed by atoms with Crippen molar-refractivity contribution in [3.63, 3.8) is 0 Å². The monoisotopic (exact) mass is 604 g/mol. The second kappa shape index (κ2) is 14.9. The van der Waals surface area contributed by atoms with E-state index in [1.807, 2.05) is 70.4 Å². The molecule has 1 fully saturated rings. The van der Waals surface area contributed by atoms with Crippen molar-refractivity contribution in [3.8, 4) is 0 Å². The smallest absolute Gasteiger partial charge is 0.255 e. The average molecular weight is 605 g/mol. The van der Waals surface area contributed by atoms with E-state index in [1.54, 1.807) is 11.0 Å². The highest BCUT2D eigenvalue weighted by atomic mass is 32.2. The number of nitrogens with zero attached hydrogens (tertiary/aromatic N) is 3. The lowest BCUT2D eigenvalue weighted by Crippen LogP contribution is -2.35. The SMILES string of the molecule is CCN(CC)C(=O)c1cc(S(=O)(=O)Cc2ccccc2)c(N2CCC(c3ccccc3)CC2)cc1NC(C)CCN(C)C. The number of benzene rings is 3. The molecule has 1 atom stereocenters. The molecule has 0 spiro atoms. The zero-order chi connectivity index (χ0) is 31.0. The van der Waals surface area contributed by atoms with Gasteiger partial charge in [0.05, 0.1) is 21.9 Å². The van der Waals surface area contributed by atoms with Gasteiger partial charge in [0.15, 0.2) is 9.84 Å². The second-order valence-corrected chi connectivity index (χ2v) is 13.9. The van der Waals surface area contributed by atoms with E-state index in [0.29, 0.717) is 35.9 Å². The van der Waals surface area contributed by atoms with Gasteiger partial charge in [0, 0.05) is 37.9 Å². The number of carbonyl (C=O) groups excluding carboxylic acids is 1. The Bertz CT molecular complexity index is 1430. The van der Waals surface area contributed by atoms with E-state index < -0.39 is 9.84 Å². The first-order valence-corrected chi connectivity index (χ1v) is 17.2. The van der Waals surface area contributed by atoms with Gasteiger partial charge in [-0.15, -0.1) is 0 Å². The summed E-state index contributed by atoms with van der Waals surface area (Å²) in [5.41, 5.74) is 3.85. The van der Waals surface area contributed by atoms with E-state index in [-0.39, 0.29) is 22.6 Å². The summed E-state index contributed by atoms with van der Waals surface area (Å²) in [6, 6.07) is 23.5. The Morgan fingerprint density at radius 3 is 2.14 bits per heavy atom. The summed E-state index contributed by atoms with van der Waals surface area (Å²) in [5.74, 6) is 0.165. The zero-order valence-corrected chi connectivity index (χ0v) is 27.2. The van der Waals surface area contributed by atoms with E-state index in [9.17, 15) is 13.2 Å². The van der Waals surface area contributed by atoms with Crippen molar-refractivity contribution in [2.45, 2.75) is 62.6 Å². The summed E-state index contributed by atoms with van der Waals surface area (Å²) in [6.45, 7) is 9.49. The lowest BCUT2D eigenvalue weighted by atomic mass is 9.89. The van der Waals surface area contributed by atoms with Crippen LogP contribution in [0.15, 0.2) is 77.7 Å². The van der Waals surface area contributed by atoms with Gasteiger partial charge >= 0.3 is 0 Å². The largest absolute Gasteiger partial charge is 0.382 e. The van der Waals surface area contributed by atoms with Crippen LogP contribution in [-0.2, 0) is 15.6 Å². The molecule has 1 saturated heterocycles. The molecule has 1 N–H and O–H groups in total. The molecule has 3 aromatic carbocycles. The maximum Gasteiger partial charge on any atom is 0.255 e. The highest BCUT2D eigenvalue weighted by Crippen LogP contribution is 2.38. The molecule has 4 rings (SSSR count). The predicted octanol–water partition coefficient (Wildman–Crippen LogP) is 6.28. The Labute approximate surface area is 258 Å². The Balaban J connectivity index is 1.78. The van der Waals surface area contributed by atoms with Crippen molar-refractivity contribution < 1.29 is 13.2 Å². The van der Waals surface area contributed by atoms with Crippen molar-refractivity contribution in [3.05, 3.63) is 89.5 Å². The first kappa shape index (κ1) is 32.6. The molecular formula is C35H48N4O3S. The molecule has 232 valence electrons. The van der Waals surface area contributed by atoms with Gasteiger partial charge in [0.2, 0.25) is 0 Å². The number of hydrogen-bond donors (Lipinski definition) is 1. The molecule has 0 aromatic heterocycles. The first-order valence-electron chi connectivity index (χ1n) is 15.6. The van der Waals surface area contributed by atoms with Gasteiger partial charge in [-0.05, 0) is 89.9 Å². The van der Waals surface area contributed by atoms with Gasteiger partial charge in [-0.2, -0.15) is 0 Å². The van der Waals surface area contributed by atoms with Crippen molar-refractivity contribution in [2.24, 2.45) is 0 Å². The number of nitrogens with one attached hydrogen (secondary N) is 1. The molecule has 0 radical (unpaired) electrons. The Hall–Kier alpha value is -3.36. The van der Waals surface area contributed by atoms with Crippen LogP contribution in [0, 0.1) is 0 Å². The predicted molar refractivity (Wildman–Crippen MR) is 178 cm³/mol. The molecule has 1 aliphatic rings. The molecule has 1 heterocycles. The van der Waals surface area contributed by atoms with Gasteiger partial charge in [0.1, 0.15) is 0 Å². The summed E-state index contributed by atoms with van der Waals surface area (Å²) in [5, 5.41) is 3.60. The number of amides is 1. The maximum absolute atomic E-state index is 14.2. The van der Waals surface area contributed by atoms with Crippen LogP contribution in [0.2, 0.25) is 0 Å². The van der Waals surface area contributed by atoms with Crippen LogP contribution in [0.1, 0.15) is 67.4 Å². The van der Waals surface area contributed by atoms with E-state index in [1.165, 1.54) is 5.56 Å². The summed E-state index contributed by atoms with van der Waals surface area (Å²) in [4.78, 5) is 20.2. The Kier molecular flexibility index (Phi) is 11.3. The highest BCUT2D eigenvalue weighted by molar-refractivity contribution is 7.90. The number of carbonyl (C=O) groups is 1. The molecule has 3 aromatic rings. The van der Waals surface area contributed by atoms with Crippen molar-refractivity contribution in [1.82, 2.24) is 9.80 Å². The Morgan fingerprint density at radius 2 is 1.56 bits per heavy atom. The van der Waals surface area contributed by atoms with Gasteiger partial charge in [-0.25, -0.2) is 8.42 Å². The number of sulfone groups is 1. The van der Waals surface area contributed by atoms with Gasteiger partial charge in [-0.1, -0.05) is 60.7 Å². The number of piperidine rings is 1. The molecule has 0 saturated carbocycles. The minimum absolute atomic E-state index is 0.0918. The average Bonchev–Trinajstić information content (AvgIpc) is 3.01. The maximum atomic E-state index is 14.2. The normalized spacial score (nSPS) is 15.0. The van der Waals surface area contributed by atoms with Crippen LogP contribution in [0.3, 0.4) is 0 Å². The van der Waals surface area contributed by atoms with Crippen molar-refractivity contribution in [2.75, 3.05) is 57.0 Å². The van der Waals surface area contributed by atoms with E-state index in [0.717, 1.165) is 44.5 Å². The van der Waals surface area contributed by atoms with E-state index in [4.69, 9.17) is 0 Å². The molecule has 1 aliphatic heterocycles. The van der Waals surface area contributed by atoms with Gasteiger partial charge in [0.25, 0.3) is 5.91 Å². The third-order valence-corrected chi connectivity index (χ3v) is 10.1. The number of rotatable bonds is 13. The molecule has 1 unspecified atom stereocenters. The highest BCUT2D eigenvalue weighted by Gasteiger charge is 2.30. The first-order chi connectivity index (χ1) is 20.6. The third kappa shape index (κ3) is 8.39. The van der Waals surface area contributed by atoms with Crippen LogP contribution in [0.25, 0.3) is 0 Å². The zero-order valence-electron chi connectivity index (χ0n) is 26.4. The molecule has 8 heteroatoms. The molecule has 0 bridgehead atoms. The van der Waals surface area contributed by atoms with Gasteiger partial charge < -0.3 is 20.0 Å². The van der Waals surface area contributed by atoms with Crippen molar-refractivity contribution in [1.29, 1.82) is 0 Å². The standard InChI is InChI=1S/C35H48N4O3S/c1-6-38(7-2)35(40)31-24-34(43(41,42)26-28-14-10-8-11-15-28)33(25-32(31)36-27(3)18-21-37(4)5)39-22-19-30(20-23-39)29-16-12-9-13-17-29/h8-17,24-25,27,30,36H,6-7,18-23,26H2,1-5H3. The summed E-state index contributed by atoms with van der Waals surface area (Å²) < 4.78 is 28.3. The summed E-state index contributed by atoms with van der Waals surface area (Å²) >= 11 is 0. The number of hydrogen-bond acceptors (Lipinski definition) is 6. The Morgan fingerprint density at radius 1 is 0.953 bits per heavy atom. The van der Waals surface area contributed by atoms with Crippen molar-refractivity contribution >= 4 is 27.1 Å². The van der Waals surface area contributed by atoms with Crippen LogP contribution in [0.5, 0.6) is 0 Å². The topological polar surface area (TPSA) is 73.0 Å². The van der Waals surface area contributed by atoms with Crippen LogP contribution in [0.4, 0.5) is 11.4 Å². The molecule has 0 aliphatic carbocycles. The van der Waals surface area contributed by atoms with E-state index >= 15 is 0 Å². The number of anilines is 2. The summed E-state index contributed by atoms with van der Waals surface area (Å²) in [6.07, 6.45) is 2.76. The fraction of sp³-hybridized carbons (Fsp3) is 0.457. The molecule has 1 amide bonds. The molecule has 7 nitrogen and oxygen atoms in total. The second-order valence-electron chi connectivity index (χ2n) is 11.9. The van der Waals surface area contributed by atoms with Crippen LogP contribution in [-0.4, -0.2) is 77.0 Å². The lowest BCUT2D eigenvalue weighted by Gasteiger charge is -2.36. The minimum Gasteiger partial charge on any atom is -0.382 e. The lowest BCUT2D eigenvalue weighted by molar-refractivity contribution is 0.0773. The van der Waals surface area contributed by atoms with Crippen LogP contribution >= 0.6 is 0 Å². The quantitative estimate of drug-likeness (QED) is 0.248. The molecule has 43 heavy (non-hydrogen) atoms.